The molecule has 18 heavy (non-hydrogen) atoms. The third kappa shape index (κ3) is 2.75. The molecule has 0 aromatic carbocycles. The molecule has 1 amide bonds. The number of aromatic nitrogens is 1. The van der Waals surface area contributed by atoms with Gasteiger partial charge in [-0.1, -0.05) is 0 Å². The number of hydrogen-bond donors (Lipinski definition) is 1. The van der Waals surface area contributed by atoms with Crippen molar-refractivity contribution in [2.75, 3.05) is 19.6 Å². The van der Waals surface area contributed by atoms with Crippen molar-refractivity contribution in [2.24, 2.45) is 11.7 Å². The van der Waals surface area contributed by atoms with Crippen molar-refractivity contribution in [3.05, 3.63) is 24.0 Å². The first kappa shape index (κ1) is 13.1. The summed E-state index contributed by atoms with van der Waals surface area (Å²) in [5.41, 5.74) is 6.40. The van der Waals surface area contributed by atoms with Gasteiger partial charge in [0.2, 0.25) is 0 Å². The van der Waals surface area contributed by atoms with Crippen LogP contribution in [0.25, 0.3) is 0 Å². The van der Waals surface area contributed by atoms with Crippen molar-refractivity contribution >= 4 is 5.91 Å². The third-order valence-electron chi connectivity index (χ3n) is 3.87. The molecular formula is C14H23N3O. The number of nitrogens with two attached hydrogens (primary N) is 1. The van der Waals surface area contributed by atoms with Gasteiger partial charge < -0.3 is 15.2 Å². The number of aryl methyl sites for hydroxylation is 1. The Labute approximate surface area is 109 Å². The second-order valence-corrected chi connectivity index (χ2v) is 4.99. The van der Waals surface area contributed by atoms with Crippen LogP contribution in [0.2, 0.25) is 0 Å². The lowest BCUT2D eigenvalue weighted by Gasteiger charge is -2.32. The summed E-state index contributed by atoms with van der Waals surface area (Å²) in [5, 5.41) is 0. The molecule has 1 aliphatic heterocycles. The summed E-state index contributed by atoms with van der Waals surface area (Å²) in [6.07, 6.45) is 5.24. The number of likely N-dealkylation sites (tertiary alicyclic amines) is 1. The Morgan fingerprint density at radius 2 is 2.17 bits per heavy atom. The molecule has 100 valence electrons. The molecule has 1 fully saturated rings. The van der Waals surface area contributed by atoms with Gasteiger partial charge in [0.15, 0.2) is 0 Å². The van der Waals surface area contributed by atoms with Crippen LogP contribution in [0.5, 0.6) is 0 Å². The summed E-state index contributed by atoms with van der Waals surface area (Å²) in [5.74, 6) is 0.880. The Bertz CT molecular complexity index is 391. The Morgan fingerprint density at radius 1 is 1.44 bits per heavy atom. The van der Waals surface area contributed by atoms with Crippen molar-refractivity contribution < 1.29 is 4.79 Å². The highest BCUT2D eigenvalue weighted by atomic mass is 16.2. The molecule has 2 rings (SSSR count). The van der Waals surface area contributed by atoms with Crippen molar-refractivity contribution in [3.63, 3.8) is 0 Å². The first-order valence-corrected chi connectivity index (χ1v) is 6.90. The Balaban J connectivity index is 1.95. The van der Waals surface area contributed by atoms with Gasteiger partial charge in [0.25, 0.3) is 5.91 Å². The van der Waals surface area contributed by atoms with E-state index in [1.807, 2.05) is 27.8 Å². The second-order valence-electron chi connectivity index (χ2n) is 4.99. The molecule has 1 aliphatic rings. The minimum atomic E-state index is 0.174. The van der Waals surface area contributed by atoms with E-state index >= 15 is 0 Å². The van der Waals surface area contributed by atoms with E-state index in [4.69, 9.17) is 5.73 Å². The molecule has 0 saturated carbocycles. The zero-order valence-corrected chi connectivity index (χ0v) is 11.1. The summed E-state index contributed by atoms with van der Waals surface area (Å²) in [6, 6.07) is 3.86. The number of piperidine rings is 1. The van der Waals surface area contributed by atoms with E-state index in [0.717, 1.165) is 51.1 Å². The first-order valence-electron chi connectivity index (χ1n) is 6.90. The van der Waals surface area contributed by atoms with E-state index in [9.17, 15) is 4.79 Å². The fourth-order valence-corrected chi connectivity index (χ4v) is 2.71. The lowest BCUT2D eigenvalue weighted by atomic mass is 9.93. The number of carbonyl (C=O) groups is 1. The van der Waals surface area contributed by atoms with Crippen LogP contribution >= 0.6 is 0 Å². The van der Waals surface area contributed by atoms with Gasteiger partial charge in [-0.2, -0.15) is 0 Å². The number of amides is 1. The monoisotopic (exact) mass is 249 g/mol. The lowest BCUT2D eigenvalue weighted by Crippen LogP contribution is -2.39. The summed E-state index contributed by atoms with van der Waals surface area (Å²) >= 11 is 0. The van der Waals surface area contributed by atoms with Gasteiger partial charge in [0.05, 0.1) is 0 Å². The standard InChI is InChI=1S/C14H23N3O/c1-2-16-9-3-4-13(16)14(18)17-10-6-12(5-8-15)7-11-17/h3-4,9,12H,2,5-8,10-11,15H2,1H3. The Kier molecular flexibility index (Phi) is 4.42. The molecular weight excluding hydrogens is 226 g/mol. The van der Waals surface area contributed by atoms with Crippen molar-refractivity contribution in [2.45, 2.75) is 32.7 Å². The third-order valence-corrected chi connectivity index (χ3v) is 3.87. The predicted molar refractivity (Wildman–Crippen MR) is 72.4 cm³/mol. The fourth-order valence-electron chi connectivity index (χ4n) is 2.71. The van der Waals surface area contributed by atoms with E-state index in [-0.39, 0.29) is 5.91 Å². The van der Waals surface area contributed by atoms with Crippen LogP contribution in [-0.4, -0.2) is 35.0 Å². The van der Waals surface area contributed by atoms with Crippen LogP contribution in [-0.2, 0) is 6.54 Å². The maximum Gasteiger partial charge on any atom is 0.270 e. The summed E-state index contributed by atoms with van der Waals surface area (Å²) in [7, 11) is 0. The topological polar surface area (TPSA) is 51.3 Å². The maximum atomic E-state index is 12.4. The molecule has 0 aliphatic carbocycles. The van der Waals surface area contributed by atoms with E-state index in [0.29, 0.717) is 5.92 Å². The average Bonchev–Trinajstić information content (AvgIpc) is 2.87. The van der Waals surface area contributed by atoms with Crippen LogP contribution < -0.4 is 5.73 Å². The Morgan fingerprint density at radius 3 is 2.78 bits per heavy atom. The molecule has 4 nitrogen and oxygen atoms in total. The SMILES string of the molecule is CCn1cccc1C(=O)N1CCC(CCN)CC1. The van der Waals surface area contributed by atoms with Gasteiger partial charge in [-0.15, -0.1) is 0 Å². The van der Waals surface area contributed by atoms with Crippen LogP contribution in [0, 0.1) is 5.92 Å². The number of nitrogens with zero attached hydrogens (tertiary/aromatic N) is 2. The molecule has 0 atom stereocenters. The average molecular weight is 249 g/mol. The van der Waals surface area contributed by atoms with Gasteiger partial charge in [0.1, 0.15) is 5.69 Å². The summed E-state index contributed by atoms with van der Waals surface area (Å²) in [6.45, 7) is 5.41. The first-order chi connectivity index (χ1) is 8.76. The molecule has 0 spiro atoms. The molecule has 1 saturated heterocycles. The lowest BCUT2D eigenvalue weighted by molar-refractivity contribution is 0.0677. The molecule has 0 unspecified atom stereocenters. The van der Waals surface area contributed by atoms with Gasteiger partial charge in [-0.05, 0) is 50.8 Å². The fraction of sp³-hybridized carbons (Fsp3) is 0.643. The molecule has 1 aromatic rings. The van der Waals surface area contributed by atoms with E-state index < -0.39 is 0 Å². The molecule has 2 heterocycles. The van der Waals surface area contributed by atoms with Crippen LogP contribution in [0.1, 0.15) is 36.7 Å². The minimum Gasteiger partial charge on any atom is -0.344 e. The zero-order chi connectivity index (χ0) is 13.0. The van der Waals surface area contributed by atoms with E-state index in [2.05, 4.69) is 6.92 Å². The number of hydrogen-bond acceptors (Lipinski definition) is 2. The smallest absolute Gasteiger partial charge is 0.270 e. The van der Waals surface area contributed by atoms with E-state index in [1.165, 1.54) is 0 Å². The van der Waals surface area contributed by atoms with Crippen LogP contribution in [0.15, 0.2) is 18.3 Å². The zero-order valence-electron chi connectivity index (χ0n) is 11.1. The summed E-state index contributed by atoms with van der Waals surface area (Å²) < 4.78 is 2.01. The van der Waals surface area contributed by atoms with Gasteiger partial charge in [-0.25, -0.2) is 0 Å². The quantitative estimate of drug-likeness (QED) is 0.883. The largest absolute Gasteiger partial charge is 0.344 e. The van der Waals surface area contributed by atoms with Gasteiger partial charge in [0, 0.05) is 25.8 Å². The van der Waals surface area contributed by atoms with E-state index in [1.54, 1.807) is 0 Å². The highest BCUT2D eigenvalue weighted by Crippen LogP contribution is 2.21. The molecule has 0 radical (unpaired) electrons. The summed E-state index contributed by atoms with van der Waals surface area (Å²) in [4.78, 5) is 14.4. The number of carbonyl (C=O) groups excluding carboxylic acids is 1. The normalized spacial score (nSPS) is 17.1. The maximum absolute atomic E-state index is 12.4. The second kappa shape index (κ2) is 6.05. The van der Waals surface area contributed by atoms with Crippen molar-refractivity contribution in [1.29, 1.82) is 0 Å². The highest BCUT2D eigenvalue weighted by molar-refractivity contribution is 5.92. The highest BCUT2D eigenvalue weighted by Gasteiger charge is 2.24. The predicted octanol–water partition coefficient (Wildman–Crippen LogP) is 1.71. The molecule has 1 aromatic heterocycles. The minimum absolute atomic E-state index is 0.174. The Hall–Kier alpha value is -1.29. The van der Waals surface area contributed by atoms with Crippen molar-refractivity contribution in [3.8, 4) is 0 Å². The van der Waals surface area contributed by atoms with Crippen molar-refractivity contribution in [1.82, 2.24) is 9.47 Å². The van der Waals surface area contributed by atoms with Crippen LogP contribution in [0.4, 0.5) is 0 Å². The van der Waals surface area contributed by atoms with Gasteiger partial charge in [-0.3, -0.25) is 4.79 Å². The molecule has 0 bridgehead atoms. The molecule has 2 N–H and O–H groups in total. The molecule has 4 heteroatoms. The van der Waals surface area contributed by atoms with Gasteiger partial charge >= 0.3 is 0 Å². The number of rotatable bonds is 4. The van der Waals surface area contributed by atoms with Crippen LogP contribution in [0.3, 0.4) is 0 Å².